The molecule has 2 heterocycles. The third kappa shape index (κ3) is 3.25. The van der Waals surface area contributed by atoms with Crippen LogP contribution in [0.3, 0.4) is 0 Å². The molecular weight excluding hydrogens is 260 g/mol. The molecule has 0 unspecified atom stereocenters. The van der Waals surface area contributed by atoms with Gasteiger partial charge in [0.1, 0.15) is 5.65 Å². The van der Waals surface area contributed by atoms with Gasteiger partial charge in [-0.15, -0.1) is 0 Å². The zero-order chi connectivity index (χ0) is 14.9. The molecule has 1 saturated carbocycles. The Kier molecular flexibility index (Phi) is 3.69. The Hall–Kier alpha value is -1.86. The first-order chi connectivity index (χ1) is 10.1. The third-order valence-electron chi connectivity index (χ3n) is 4.16. The molecule has 3 rings (SSSR count). The smallest absolute Gasteiger partial charge is 0.140 e. The summed E-state index contributed by atoms with van der Waals surface area (Å²) in [6.45, 7) is 5.71. The summed E-state index contributed by atoms with van der Waals surface area (Å²) in [6.07, 6.45) is 7.46. The zero-order valence-corrected chi connectivity index (χ0v) is 12.8. The molecule has 0 saturated heterocycles. The molecule has 1 aliphatic carbocycles. The maximum Gasteiger partial charge on any atom is 0.140 e. The number of rotatable bonds is 6. The number of nitrogens with one attached hydrogen (secondary N) is 1. The van der Waals surface area contributed by atoms with Gasteiger partial charge in [-0.25, -0.2) is 4.98 Å². The van der Waals surface area contributed by atoms with Crippen LogP contribution in [0.2, 0.25) is 0 Å². The van der Waals surface area contributed by atoms with E-state index in [1.165, 1.54) is 23.8 Å². The molecule has 0 radical (unpaired) electrons. The van der Waals surface area contributed by atoms with E-state index in [0.29, 0.717) is 6.04 Å². The van der Waals surface area contributed by atoms with Gasteiger partial charge in [-0.05, 0) is 50.8 Å². The van der Waals surface area contributed by atoms with E-state index < -0.39 is 0 Å². The van der Waals surface area contributed by atoms with Gasteiger partial charge in [0.05, 0.1) is 11.5 Å². The number of nitriles is 1. The molecule has 1 N–H and O–H groups in total. The Balaban J connectivity index is 1.82. The van der Waals surface area contributed by atoms with Crippen LogP contribution in [0.25, 0.3) is 11.0 Å². The first-order valence-electron chi connectivity index (χ1n) is 7.66. The first-order valence-corrected chi connectivity index (χ1v) is 7.66. The molecule has 0 spiro atoms. The molecular formula is C17H22N4. The standard InChI is InChI=1S/C17H22N4/c1-17(2,12-18)7-9-21-11-13(10-20-14-5-6-14)15-4-3-8-19-16(15)21/h3-4,8,11,14,20H,5-7,9-10H2,1-2H3. The van der Waals surface area contributed by atoms with Crippen molar-refractivity contribution in [1.29, 1.82) is 5.26 Å². The van der Waals surface area contributed by atoms with Crippen molar-refractivity contribution in [2.24, 2.45) is 5.41 Å². The van der Waals surface area contributed by atoms with Crippen LogP contribution in [0.15, 0.2) is 24.5 Å². The summed E-state index contributed by atoms with van der Waals surface area (Å²) in [6, 6.07) is 7.20. The van der Waals surface area contributed by atoms with Gasteiger partial charge in [0.2, 0.25) is 0 Å². The van der Waals surface area contributed by atoms with Crippen LogP contribution in [0, 0.1) is 16.7 Å². The fourth-order valence-electron chi connectivity index (χ4n) is 2.50. The van der Waals surface area contributed by atoms with Crippen LogP contribution < -0.4 is 5.32 Å². The molecule has 4 nitrogen and oxygen atoms in total. The second-order valence-corrected chi connectivity index (χ2v) is 6.62. The predicted molar refractivity (Wildman–Crippen MR) is 83.6 cm³/mol. The van der Waals surface area contributed by atoms with Gasteiger partial charge in [-0.2, -0.15) is 5.26 Å². The van der Waals surface area contributed by atoms with Crippen molar-refractivity contribution in [1.82, 2.24) is 14.9 Å². The number of hydrogen-bond donors (Lipinski definition) is 1. The van der Waals surface area contributed by atoms with Gasteiger partial charge in [-0.3, -0.25) is 0 Å². The average Bonchev–Trinajstić information content (AvgIpc) is 3.25. The van der Waals surface area contributed by atoms with Crippen LogP contribution in [-0.4, -0.2) is 15.6 Å². The normalized spacial score (nSPS) is 15.3. The third-order valence-corrected chi connectivity index (χ3v) is 4.16. The molecule has 110 valence electrons. The van der Waals surface area contributed by atoms with Crippen molar-refractivity contribution >= 4 is 11.0 Å². The van der Waals surface area contributed by atoms with Crippen LogP contribution in [0.1, 0.15) is 38.7 Å². The molecule has 1 fully saturated rings. The lowest BCUT2D eigenvalue weighted by molar-refractivity contribution is 0.416. The minimum Gasteiger partial charge on any atom is -0.332 e. The highest BCUT2D eigenvalue weighted by molar-refractivity contribution is 5.80. The molecule has 2 aromatic heterocycles. The number of nitrogens with zero attached hydrogens (tertiary/aromatic N) is 3. The van der Waals surface area contributed by atoms with Gasteiger partial charge >= 0.3 is 0 Å². The minimum absolute atomic E-state index is 0.294. The monoisotopic (exact) mass is 282 g/mol. The summed E-state index contributed by atoms with van der Waals surface area (Å²) in [4.78, 5) is 4.52. The fraction of sp³-hybridized carbons (Fsp3) is 0.529. The fourth-order valence-corrected chi connectivity index (χ4v) is 2.50. The maximum absolute atomic E-state index is 9.16. The van der Waals surface area contributed by atoms with E-state index in [1.54, 1.807) is 0 Å². The molecule has 0 amide bonds. The molecule has 0 bridgehead atoms. The lowest BCUT2D eigenvalue weighted by atomic mass is 9.91. The van der Waals surface area contributed by atoms with Gasteiger partial charge in [0.15, 0.2) is 0 Å². The van der Waals surface area contributed by atoms with E-state index in [0.717, 1.165) is 25.2 Å². The Bertz CT molecular complexity index is 674. The van der Waals surface area contributed by atoms with Crippen molar-refractivity contribution in [3.63, 3.8) is 0 Å². The van der Waals surface area contributed by atoms with Gasteiger partial charge < -0.3 is 9.88 Å². The molecule has 4 heteroatoms. The summed E-state index contributed by atoms with van der Waals surface area (Å²) in [7, 11) is 0. The van der Waals surface area contributed by atoms with Crippen molar-refractivity contribution in [3.8, 4) is 6.07 Å². The highest BCUT2D eigenvalue weighted by Crippen LogP contribution is 2.25. The van der Waals surface area contributed by atoms with E-state index in [2.05, 4.69) is 33.2 Å². The number of hydrogen-bond acceptors (Lipinski definition) is 3. The number of fused-ring (bicyclic) bond motifs is 1. The lowest BCUT2D eigenvalue weighted by Crippen LogP contribution is -2.15. The van der Waals surface area contributed by atoms with Gasteiger partial charge in [-0.1, -0.05) is 0 Å². The second kappa shape index (κ2) is 5.50. The molecule has 0 atom stereocenters. The van der Waals surface area contributed by atoms with E-state index in [1.807, 2.05) is 26.1 Å². The SMILES string of the molecule is CC(C)(C#N)CCn1cc(CNC2CC2)c2cccnc21. The average molecular weight is 282 g/mol. The van der Waals surface area contributed by atoms with Crippen LogP contribution in [-0.2, 0) is 13.1 Å². The Morgan fingerprint density at radius 2 is 2.29 bits per heavy atom. The Labute approximate surface area is 125 Å². The van der Waals surface area contributed by atoms with Crippen molar-refractivity contribution in [2.75, 3.05) is 0 Å². The van der Waals surface area contributed by atoms with Crippen molar-refractivity contribution in [3.05, 3.63) is 30.1 Å². The van der Waals surface area contributed by atoms with E-state index in [4.69, 9.17) is 5.26 Å². The van der Waals surface area contributed by atoms with Crippen LogP contribution in [0.4, 0.5) is 0 Å². The summed E-state index contributed by atoms with van der Waals surface area (Å²) in [5, 5.41) is 13.9. The van der Waals surface area contributed by atoms with Gasteiger partial charge in [0, 0.05) is 36.9 Å². The topological polar surface area (TPSA) is 53.6 Å². The molecule has 2 aromatic rings. The number of aromatic nitrogens is 2. The number of pyridine rings is 1. The summed E-state index contributed by atoms with van der Waals surface area (Å²) in [5.74, 6) is 0. The zero-order valence-electron chi connectivity index (χ0n) is 12.8. The largest absolute Gasteiger partial charge is 0.332 e. The van der Waals surface area contributed by atoms with Crippen molar-refractivity contribution in [2.45, 2.75) is 52.2 Å². The van der Waals surface area contributed by atoms with Crippen molar-refractivity contribution < 1.29 is 0 Å². The highest BCUT2D eigenvalue weighted by atomic mass is 15.0. The summed E-state index contributed by atoms with van der Waals surface area (Å²) >= 11 is 0. The number of aryl methyl sites for hydroxylation is 1. The lowest BCUT2D eigenvalue weighted by Gasteiger charge is -2.15. The van der Waals surface area contributed by atoms with E-state index in [-0.39, 0.29) is 5.41 Å². The molecule has 1 aliphatic rings. The van der Waals surface area contributed by atoms with Gasteiger partial charge in [0.25, 0.3) is 0 Å². The highest BCUT2D eigenvalue weighted by Gasteiger charge is 2.21. The Morgan fingerprint density at radius 3 is 3.00 bits per heavy atom. The molecule has 0 aromatic carbocycles. The van der Waals surface area contributed by atoms with E-state index in [9.17, 15) is 0 Å². The maximum atomic E-state index is 9.16. The molecule has 0 aliphatic heterocycles. The van der Waals surface area contributed by atoms with E-state index >= 15 is 0 Å². The quantitative estimate of drug-likeness (QED) is 0.885. The second-order valence-electron chi connectivity index (χ2n) is 6.62. The first kappa shape index (κ1) is 14.1. The van der Waals surface area contributed by atoms with Crippen LogP contribution in [0.5, 0.6) is 0 Å². The Morgan fingerprint density at radius 1 is 1.48 bits per heavy atom. The molecule has 21 heavy (non-hydrogen) atoms. The van der Waals surface area contributed by atoms with Crippen LogP contribution >= 0.6 is 0 Å². The predicted octanol–water partition coefficient (Wildman–Crippen LogP) is 3.23. The summed E-state index contributed by atoms with van der Waals surface area (Å²) < 4.78 is 2.19. The minimum atomic E-state index is -0.294. The summed E-state index contributed by atoms with van der Waals surface area (Å²) in [5.41, 5.74) is 2.04.